The zero-order valence-corrected chi connectivity index (χ0v) is 8.69. The summed E-state index contributed by atoms with van der Waals surface area (Å²) in [5, 5.41) is 0. The van der Waals surface area contributed by atoms with Crippen molar-refractivity contribution in [2.24, 2.45) is 17.4 Å². The number of amides is 1. The third-order valence-electron chi connectivity index (χ3n) is 2.49. The van der Waals surface area contributed by atoms with Crippen LogP contribution >= 0.6 is 11.8 Å². The first kappa shape index (κ1) is 10.9. The fraction of sp³-hybridized carbons (Fsp3) is 0.889. The van der Waals surface area contributed by atoms with Crippen LogP contribution in [0, 0.1) is 5.92 Å². The Morgan fingerprint density at radius 3 is 2.62 bits per heavy atom. The number of carbonyl (C=O) groups is 1. The zero-order chi connectivity index (χ0) is 9.68. The maximum atomic E-state index is 10.6. The fourth-order valence-electron chi connectivity index (χ4n) is 1.62. The third kappa shape index (κ3) is 4.00. The maximum absolute atomic E-state index is 10.6. The third-order valence-corrected chi connectivity index (χ3v) is 3.79. The van der Waals surface area contributed by atoms with Gasteiger partial charge in [-0.15, -0.1) is 0 Å². The molecule has 0 spiro atoms. The van der Waals surface area contributed by atoms with E-state index in [1.807, 2.05) is 0 Å². The normalized spacial score (nSPS) is 20.4. The van der Waals surface area contributed by atoms with Crippen molar-refractivity contribution < 1.29 is 4.79 Å². The van der Waals surface area contributed by atoms with Gasteiger partial charge in [-0.05, 0) is 24.5 Å². The second-order valence-electron chi connectivity index (χ2n) is 3.70. The highest BCUT2D eigenvalue weighted by molar-refractivity contribution is 7.99. The molecule has 4 heteroatoms. The highest BCUT2D eigenvalue weighted by atomic mass is 32.2. The largest absolute Gasteiger partial charge is 0.368 e. The number of carbonyl (C=O) groups excluding carboxylic acids is 1. The van der Waals surface area contributed by atoms with Crippen LogP contribution in [0.1, 0.15) is 25.7 Å². The van der Waals surface area contributed by atoms with E-state index in [2.05, 4.69) is 0 Å². The average molecular weight is 202 g/mol. The SMILES string of the molecule is NC(=O)C(N)CSCC1CCCC1. The van der Waals surface area contributed by atoms with Gasteiger partial charge in [0.1, 0.15) is 0 Å². The molecule has 0 aromatic rings. The monoisotopic (exact) mass is 202 g/mol. The molecule has 76 valence electrons. The van der Waals surface area contributed by atoms with E-state index >= 15 is 0 Å². The lowest BCUT2D eigenvalue weighted by Gasteiger charge is -2.10. The minimum atomic E-state index is -0.466. The predicted molar refractivity (Wildman–Crippen MR) is 56.5 cm³/mol. The Labute approximate surface area is 83.6 Å². The van der Waals surface area contributed by atoms with Crippen molar-refractivity contribution in [3.05, 3.63) is 0 Å². The van der Waals surface area contributed by atoms with Crippen LogP contribution in [-0.4, -0.2) is 23.5 Å². The van der Waals surface area contributed by atoms with E-state index < -0.39 is 6.04 Å². The first-order valence-electron chi connectivity index (χ1n) is 4.83. The van der Waals surface area contributed by atoms with E-state index in [0.29, 0.717) is 5.75 Å². The Bertz CT molecular complexity index is 169. The summed E-state index contributed by atoms with van der Waals surface area (Å²) in [5.74, 6) is 2.27. The number of nitrogens with two attached hydrogens (primary N) is 2. The van der Waals surface area contributed by atoms with Crippen LogP contribution in [0.3, 0.4) is 0 Å². The topological polar surface area (TPSA) is 69.1 Å². The van der Waals surface area contributed by atoms with E-state index in [1.54, 1.807) is 11.8 Å². The van der Waals surface area contributed by atoms with Crippen molar-refractivity contribution in [1.29, 1.82) is 0 Å². The zero-order valence-electron chi connectivity index (χ0n) is 7.87. The molecular formula is C9H18N2OS. The quantitative estimate of drug-likeness (QED) is 0.690. The Morgan fingerprint density at radius 1 is 1.46 bits per heavy atom. The van der Waals surface area contributed by atoms with Crippen molar-refractivity contribution in [2.75, 3.05) is 11.5 Å². The van der Waals surface area contributed by atoms with Gasteiger partial charge in [0.2, 0.25) is 5.91 Å². The molecule has 1 fully saturated rings. The molecule has 1 saturated carbocycles. The lowest BCUT2D eigenvalue weighted by Crippen LogP contribution is -2.38. The molecule has 0 aliphatic heterocycles. The lowest BCUT2D eigenvalue weighted by molar-refractivity contribution is -0.118. The molecule has 1 aliphatic rings. The Kier molecular flexibility index (Phi) is 4.59. The van der Waals surface area contributed by atoms with Crippen molar-refractivity contribution in [3.8, 4) is 0 Å². The van der Waals surface area contributed by atoms with Gasteiger partial charge in [0.05, 0.1) is 6.04 Å². The van der Waals surface area contributed by atoms with Gasteiger partial charge < -0.3 is 11.5 Å². The molecule has 0 radical (unpaired) electrons. The second-order valence-corrected chi connectivity index (χ2v) is 4.77. The van der Waals surface area contributed by atoms with Crippen LogP contribution in [0.15, 0.2) is 0 Å². The van der Waals surface area contributed by atoms with E-state index in [-0.39, 0.29) is 5.91 Å². The van der Waals surface area contributed by atoms with Gasteiger partial charge in [-0.25, -0.2) is 0 Å². The molecule has 0 saturated heterocycles. The summed E-state index contributed by atoms with van der Waals surface area (Å²) in [4.78, 5) is 10.6. The summed E-state index contributed by atoms with van der Waals surface area (Å²) in [6.07, 6.45) is 5.43. The molecule has 13 heavy (non-hydrogen) atoms. The van der Waals surface area contributed by atoms with Crippen molar-refractivity contribution in [2.45, 2.75) is 31.7 Å². The number of hydrogen-bond acceptors (Lipinski definition) is 3. The molecule has 1 atom stereocenters. The maximum Gasteiger partial charge on any atom is 0.235 e. The van der Waals surface area contributed by atoms with Crippen molar-refractivity contribution in [1.82, 2.24) is 0 Å². The summed E-state index contributed by atoms with van der Waals surface area (Å²) in [6, 6.07) is -0.466. The van der Waals surface area contributed by atoms with Gasteiger partial charge in [0.25, 0.3) is 0 Å². The van der Waals surface area contributed by atoms with E-state index in [0.717, 1.165) is 11.7 Å². The van der Waals surface area contributed by atoms with E-state index in [4.69, 9.17) is 11.5 Å². The van der Waals surface area contributed by atoms with Crippen LogP contribution in [-0.2, 0) is 4.79 Å². The Balaban J connectivity index is 2.02. The molecule has 0 aromatic carbocycles. The predicted octanol–water partition coefficient (Wildman–Crippen LogP) is 0.722. The summed E-state index contributed by atoms with van der Waals surface area (Å²) in [5.41, 5.74) is 10.6. The van der Waals surface area contributed by atoms with Gasteiger partial charge in [0, 0.05) is 5.75 Å². The number of rotatable bonds is 5. The summed E-state index contributed by atoms with van der Waals surface area (Å²) in [6.45, 7) is 0. The Hall–Kier alpha value is -0.220. The van der Waals surface area contributed by atoms with Crippen LogP contribution in [0.5, 0.6) is 0 Å². The molecule has 0 aromatic heterocycles. The van der Waals surface area contributed by atoms with Crippen LogP contribution in [0.2, 0.25) is 0 Å². The van der Waals surface area contributed by atoms with Crippen molar-refractivity contribution in [3.63, 3.8) is 0 Å². The van der Waals surface area contributed by atoms with Crippen LogP contribution in [0.4, 0.5) is 0 Å². The molecule has 1 amide bonds. The summed E-state index contributed by atoms with van der Waals surface area (Å²) >= 11 is 1.76. The number of primary amides is 1. The van der Waals surface area contributed by atoms with Crippen molar-refractivity contribution >= 4 is 17.7 Å². The van der Waals surface area contributed by atoms with Gasteiger partial charge in [-0.3, -0.25) is 4.79 Å². The molecule has 4 N–H and O–H groups in total. The van der Waals surface area contributed by atoms with Gasteiger partial charge >= 0.3 is 0 Å². The smallest absolute Gasteiger partial charge is 0.235 e. The first-order valence-corrected chi connectivity index (χ1v) is 5.98. The van der Waals surface area contributed by atoms with Gasteiger partial charge in [-0.2, -0.15) is 11.8 Å². The van der Waals surface area contributed by atoms with Gasteiger partial charge in [0.15, 0.2) is 0 Å². The minimum absolute atomic E-state index is 0.390. The van der Waals surface area contributed by atoms with E-state index in [1.165, 1.54) is 25.7 Å². The molecule has 0 heterocycles. The summed E-state index contributed by atoms with van der Waals surface area (Å²) in [7, 11) is 0. The second kappa shape index (κ2) is 5.50. The Morgan fingerprint density at radius 2 is 2.08 bits per heavy atom. The standard InChI is InChI=1S/C9H18N2OS/c10-8(9(11)12)6-13-5-7-3-1-2-4-7/h7-8H,1-6,10H2,(H2,11,12). The fourth-order valence-corrected chi connectivity index (χ4v) is 2.84. The highest BCUT2D eigenvalue weighted by Gasteiger charge is 2.16. The van der Waals surface area contributed by atoms with Gasteiger partial charge in [-0.1, -0.05) is 12.8 Å². The molecule has 1 rings (SSSR count). The van der Waals surface area contributed by atoms with Crippen LogP contribution < -0.4 is 11.5 Å². The first-order chi connectivity index (χ1) is 6.20. The highest BCUT2D eigenvalue weighted by Crippen LogP contribution is 2.27. The molecular weight excluding hydrogens is 184 g/mol. The average Bonchev–Trinajstić information content (AvgIpc) is 2.56. The molecule has 1 aliphatic carbocycles. The molecule has 3 nitrogen and oxygen atoms in total. The van der Waals surface area contributed by atoms with Crippen LogP contribution in [0.25, 0.3) is 0 Å². The number of hydrogen-bond donors (Lipinski definition) is 2. The molecule has 1 unspecified atom stereocenters. The number of thioether (sulfide) groups is 1. The lowest BCUT2D eigenvalue weighted by atomic mass is 10.1. The molecule has 0 bridgehead atoms. The van der Waals surface area contributed by atoms with E-state index in [9.17, 15) is 4.79 Å². The minimum Gasteiger partial charge on any atom is -0.368 e. The summed E-state index contributed by atoms with van der Waals surface area (Å²) < 4.78 is 0.